The molecule has 4 nitrogen and oxygen atoms in total. The van der Waals surface area contributed by atoms with Crippen molar-refractivity contribution in [1.82, 2.24) is 4.90 Å². The summed E-state index contributed by atoms with van der Waals surface area (Å²) in [5.41, 5.74) is 6.37. The second-order valence-electron chi connectivity index (χ2n) is 4.63. The number of halogens is 2. The number of ether oxygens (including phenoxy) is 1. The smallest absolute Gasteiger partial charge is 0.253 e. The first-order chi connectivity index (χ1) is 9.88. The average Bonchev–Trinajstić information content (AvgIpc) is 2.42. The van der Waals surface area contributed by atoms with E-state index in [4.69, 9.17) is 10.5 Å². The van der Waals surface area contributed by atoms with Gasteiger partial charge < -0.3 is 15.4 Å². The fourth-order valence-corrected chi connectivity index (χ4v) is 1.71. The van der Waals surface area contributed by atoms with Crippen LogP contribution in [0.15, 0.2) is 36.4 Å². The molecule has 2 rings (SSSR count). The van der Waals surface area contributed by atoms with Crippen molar-refractivity contribution in [2.45, 2.75) is 0 Å². The lowest BCUT2D eigenvalue weighted by Crippen LogP contribution is -2.21. The highest BCUT2D eigenvalue weighted by molar-refractivity contribution is 5.95. The summed E-state index contributed by atoms with van der Waals surface area (Å²) >= 11 is 0. The van der Waals surface area contributed by atoms with E-state index in [1.165, 1.54) is 29.2 Å². The van der Waals surface area contributed by atoms with E-state index in [2.05, 4.69) is 0 Å². The molecule has 2 N–H and O–H groups in total. The van der Waals surface area contributed by atoms with Gasteiger partial charge in [-0.3, -0.25) is 4.79 Å². The summed E-state index contributed by atoms with van der Waals surface area (Å²) in [6, 6.07) is 7.40. The second-order valence-corrected chi connectivity index (χ2v) is 4.63. The van der Waals surface area contributed by atoms with E-state index < -0.39 is 11.6 Å². The lowest BCUT2D eigenvalue weighted by atomic mass is 10.1. The Morgan fingerprint density at radius 2 is 1.76 bits per heavy atom. The Morgan fingerprint density at radius 3 is 2.33 bits per heavy atom. The number of nitrogen functional groups attached to an aromatic ring is 1. The van der Waals surface area contributed by atoms with Crippen LogP contribution in [0.1, 0.15) is 10.4 Å². The van der Waals surface area contributed by atoms with Crippen LogP contribution >= 0.6 is 0 Å². The zero-order chi connectivity index (χ0) is 15.6. The minimum atomic E-state index is -0.831. The third kappa shape index (κ3) is 3.28. The zero-order valence-electron chi connectivity index (χ0n) is 11.6. The Bertz CT molecular complexity index is 687. The highest BCUT2D eigenvalue weighted by Crippen LogP contribution is 2.30. The largest absolute Gasteiger partial charge is 0.452 e. The van der Waals surface area contributed by atoms with Crippen LogP contribution in [0.3, 0.4) is 0 Å². The van der Waals surface area contributed by atoms with Gasteiger partial charge in [-0.05, 0) is 30.3 Å². The van der Waals surface area contributed by atoms with E-state index >= 15 is 0 Å². The van der Waals surface area contributed by atoms with Crippen molar-refractivity contribution in [3.05, 3.63) is 53.6 Å². The minimum absolute atomic E-state index is 0.144. The first-order valence-corrected chi connectivity index (χ1v) is 6.12. The second kappa shape index (κ2) is 5.78. The summed E-state index contributed by atoms with van der Waals surface area (Å²) < 4.78 is 31.6. The molecule has 0 aliphatic carbocycles. The van der Waals surface area contributed by atoms with Crippen LogP contribution in [0.4, 0.5) is 14.5 Å². The molecule has 0 aliphatic rings. The third-order valence-electron chi connectivity index (χ3n) is 2.78. The average molecular weight is 292 g/mol. The number of hydrogen-bond donors (Lipinski definition) is 1. The van der Waals surface area contributed by atoms with Crippen LogP contribution in [-0.4, -0.2) is 24.9 Å². The van der Waals surface area contributed by atoms with Gasteiger partial charge in [-0.15, -0.1) is 0 Å². The summed E-state index contributed by atoms with van der Waals surface area (Å²) in [7, 11) is 3.24. The van der Waals surface area contributed by atoms with E-state index in [1.54, 1.807) is 14.1 Å². The van der Waals surface area contributed by atoms with Crippen molar-refractivity contribution in [3.8, 4) is 11.5 Å². The molecule has 6 heteroatoms. The monoisotopic (exact) mass is 292 g/mol. The van der Waals surface area contributed by atoms with Crippen LogP contribution in [0.25, 0.3) is 0 Å². The molecule has 2 aromatic carbocycles. The van der Waals surface area contributed by atoms with Gasteiger partial charge in [0.05, 0.1) is 5.69 Å². The fraction of sp³-hybridized carbons (Fsp3) is 0.133. The molecule has 0 atom stereocenters. The Morgan fingerprint density at radius 1 is 1.10 bits per heavy atom. The Balaban J connectivity index is 2.27. The molecule has 0 fully saturated rings. The maximum absolute atomic E-state index is 13.5. The number of benzene rings is 2. The van der Waals surface area contributed by atoms with Crippen LogP contribution in [0, 0.1) is 11.6 Å². The van der Waals surface area contributed by atoms with Crippen molar-refractivity contribution in [2.75, 3.05) is 19.8 Å². The normalized spacial score (nSPS) is 10.3. The van der Waals surface area contributed by atoms with Crippen molar-refractivity contribution < 1.29 is 18.3 Å². The van der Waals surface area contributed by atoms with Crippen LogP contribution in [0.5, 0.6) is 11.5 Å². The van der Waals surface area contributed by atoms with Gasteiger partial charge in [-0.1, -0.05) is 0 Å². The molecular weight excluding hydrogens is 278 g/mol. The molecule has 0 aromatic heterocycles. The quantitative estimate of drug-likeness (QED) is 0.885. The van der Waals surface area contributed by atoms with E-state index in [1.807, 2.05) is 0 Å². The Kier molecular flexibility index (Phi) is 4.07. The van der Waals surface area contributed by atoms with E-state index in [0.29, 0.717) is 5.56 Å². The molecule has 110 valence electrons. The Labute approximate surface area is 120 Å². The number of anilines is 1. The fourth-order valence-electron chi connectivity index (χ4n) is 1.71. The van der Waals surface area contributed by atoms with Crippen LogP contribution in [0.2, 0.25) is 0 Å². The number of amides is 1. The summed E-state index contributed by atoms with van der Waals surface area (Å²) in [6.07, 6.45) is 0. The first-order valence-electron chi connectivity index (χ1n) is 6.12. The van der Waals surface area contributed by atoms with Crippen molar-refractivity contribution in [2.24, 2.45) is 0 Å². The molecule has 0 heterocycles. The van der Waals surface area contributed by atoms with Gasteiger partial charge in [0.1, 0.15) is 5.82 Å². The van der Waals surface area contributed by atoms with E-state index in [9.17, 15) is 13.6 Å². The van der Waals surface area contributed by atoms with Crippen molar-refractivity contribution >= 4 is 11.6 Å². The number of nitrogens with zero attached hydrogens (tertiary/aromatic N) is 1. The SMILES string of the molecule is CN(C)C(=O)c1ccc(Oc2ccc(F)cc2F)c(N)c1. The summed E-state index contributed by atoms with van der Waals surface area (Å²) in [6.45, 7) is 0. The molecule has 2 aromatic rings. The molecule has 0 aliphatic heterocycles. The number of hydrogen-bond acceptors (Lipinski definition) is 3. The van der Waals surface area contributed by atoms with E-state index in [-0.39, 0.29) is 23.1 Å². The predicted molar refractivity (Wildman–Crippen MR) is 75.3 cm³/mol. The van der Waals surface area contributed by atoms with Gasteiger partial charge in [0, 0.05) is 25.7 Å². The zero-order valence-corrected chi connectivity index (χ0v) is 11.6. The van der Waals surface area contributed by atoms with Crippen molar-refractivity contribution in [1.29, 1.82) is 0 Å². The van der Waals surface area contributed by atoms with E-state index in [0.717, 1.165) is 12.1 Å². The molecule has 0 spiro atoms. The molecule has 0 saturated carbocycles. The maximum Gasteiger partial charge on any atom is 0.253 e. The standard InChI is InChI=1S/C15H14F2N2O2/c1-19(2)15(20)9-3-5-14(12(18)7-9)21-13-6-4-10(16)8-11(13)17/h3-8H,18H2,1-2H3. The molecule has 0 bridgehead atoms. The van der Waals surface area contributed by atoms with Crippen LogP contribution < -0.4 is 10.5 Å². The predicted octanol–water partition coefficient (Wildman–Crippen LogP) is 3.04. The third-order valence-corrected chi connectivity index (χ3v) is 2.78. The van der Waals surface area contributed by atoms with Gasteiger partial charge in [0.25, 0.3) is 5.91 Å². The van der Waals surface area contributed by atoms with Gasteiger partial charge in [-0.25, -0.2) is 8.78 Å². The minimum Gasteiger partial charge on any atom is -0.452 e. The summed E-state index contributed by atoms with van der Waals surface area (Å²) in [4.78, 5) is 13.2. The van der Waals surface area contributed by atoms with Gasteiger partial charge in [0.2, 0.25) is 0 Å². The lowest BCUT2D eigenvalue weighted by Gasteiger charge is -2.13. The molecule has 0 saturated heterocycles. The topological polar surface area (TPSA) is 55.6 Å². The number of carbonyl (C=O) groups is 1. The molecule has 21 heavy (non-hydrogen) atoms. The lowest BCUT2D eigenvalue weighted by molar-refractivity contribution is 0.0827. The summed E-state index contributed by atoms with van der Waals surface area (Å²) in [5, 5.41) is 0. The molecule has 1 amide bonds. The molecular formula is C15H14F2N2O2. The van der Waals surface area contributed by atoms with Crippen LogP contribution in [-0.2, 0) is 0 Å². The molecule has 0 unspecified atom stereocenters. The highest BCUT2D eigenvalue weighted by atomic mass is 19.1. The van der Waals surface area contributed by atoms with Gasteiger partial charge >= 0.3 is 0 Å². The Hall–Kier alpha value is -2.63. The number of rotatable bonds is 3. The van der Waals surface area contributed by atoms with Gasteiger partial charge in [-0.2, -0.15) is 0 Å². The number of carbonyl (C=O) groups excluding carboxylic acids is 1. The highest BCUT2D eigenvalue weighted by Gasteiger charge is 2.12. The maximum atomic E-state index is 13.5. The van der Waals surface area contributed by atoms with Gasteiger partial charge in [0.15, 0.2) is 17.3 Å². The molecule has 0 radical (unpaired) electrons. The number of nitrogens with two attached hydrogens (primary N) is 1. The first kappa shape index (κ1) is 14.8. The van der Waals surface area contributed by atoms with Crippen molar-refractivity contribution in [3.63, 3.8) is 0 Å². The summed E-state index contributed by atoms with van der Waals surface area (Å²) in [5.74, 6) is -1.69.